The van der Waals surface area contributed by atoms with E-state index in [0.29, 0.717) is 19.1 Å². The molecule has 98 valence electrons. The molecule has 1 aromatic rings. The number of fused-ring (bicyclic) bond motifs is 1. The first kappa shape index (κ1) is 12.2. The van der Waals surface area contributed by atoms with Crippen molar-refractivity contribution in [2.75, 3.05) is 0 Å². The van der Waals surface area contributed by atoms with Crippen LogP contribution in [0.4, 0.5) is 0 Å². The highest BCUT2D eigenvalue weighted by Gasteiger charge is 2.67. The van der Waals surface area contributed by atoms with Crippen LogP contribution in [0.15, 0.2) is 18.2 Å². The third kappa shape index (κ3) is 1.49. The average Bonchev–Trinajstić information content (AvgIpc) is 2.69. The third-order valence-electron chi connectivity index (χ3n) is 5.54. The van der Waals surface area contributed by atoms with Crippen molar-refractivity contribution in [1.82, 2.24) is 0 Å². The van der Waals surface area contributed by atoms with Gasteiger partial charge in [0.15, 0.2) is 0 Å². The van der Waals surface area contributed by atoms with Gasteiger partial charge in [-0.2, -0.15) is 0 Å². The van der Waals surface area contributed by atoms with Gasteiger partial charge in [0.1, 0.15) is 0 Å². The largest absolute Gasteiger partial charge is 0.388 e. The van der Waals surface area contributed by atoms with E-state index in [1.54, 1.807) is 0 Å². The van der Waals surface area contributed by atoms with Crippen LogP contribution in [-0.4, -0.2) is 5.11 Å². The number of aliphatic hydroxyl groups is 1. The van der Waals surface area contributed by atoms with E-state index in [9.17, 15) is 5.11 Å². The minimum atomic E-state index is -0.360. The van der Waals surface area contributed by atoms with Crippen LogP contribution in [0.3, 0.4) is 0 Å². The van der Waals surface area contributed by atoms with Crippen LogP contribution in [0.25, 0.3) is 0 Å². The zero-order valence-corrected chi connectivity index (χ0v) is 11.7. The Hall–Kier alpha value is -0.860. The van der Waals surface area contributed by atoms with E-state index in [-0.39, 0.29) is 16.9 Å². The molecule has 0 aromatic heterocycles. The minimum absolute atomic E-state index is 0.210. The normalized spacial score (nSPS) is 25.8. The molecule has 1 fully saturated rings. The Morgan fingerprint density at radius 2 is 1.72 bits per heavy atom. The van der Waals surface area contributed by atoms with Crippen molar-refractivity contribution >= 4 is 0 Å². The van der Waals surface area contributed by atoms with Gasteiger partial charge in [-0.15, -0.1) is 0 Å². The fourth-order valence-electron chi connectivity index (χ4n) is 3.61. The van der Waals surface area contributed by atoms with E-state index in [1.807, 2.05) is 0 Å². The Balaban J connectivity index is 1.88. The molecule has 0 saturated heterocycles. The van der Waals surface area contributed by atoms with Crippen molar-refractivity contribution in [1.29, 1.82) is 0 Å². The summed E-state index contributed by atoms with van der Waals surface area (Å²) >= 11 is 0. The molecule has 2 aliphatic rings. The number of benzene rings is 1. The highest BCUT2D eigenvalue weighted by molar-refractivity contribution is 5.36. The zero-order valence-electron chi connectivity index (χ0n) is 11.7. The maximum atomic E-state index is 10.6. The number of hydrogen-bond acceptors (Lipinski definition) is 2. The first-order chi connectivity index (χ1) is 8.35. The summed E-state index contributed by atoms with van der Waals surface area (Å²) in [5.74, 6) is 0.338. The summed E-state index contributed by atoms with van der Waals surface area (Å²) in [6, 6.07) is 6.28. The van der Waals surface area contributed by atoms with Gasteiger partial charge < -0.3 is 9.84 Å². The number of ether oxygens (including phenoxy) is 1. The molecule has 18 heavy (non-hydrogen) atoms. The fraction of sp³-hybridized carbons (Fsp3) is 0.625. The van der Waals surface area contributed by atoms with Crippen molar-refractivity contribution in [3.63, 3.8) is 0 Å². The Kier molecular flexibility index (Phi) is 2.43. The number of aliphatic hydroxyl groups excluding tert-OH is 1. The fourth-order valence-corrected chi connectivity index (χ4v) is 3.61. The van der Waals surface area contributed by atoms with Crippen LogP contribution < -0.4 is 0 Å². The van der Waals surface area contributed by atoms with E-state index >= 15 is 0 Å². The SMILES string of the molecule is CC1(C)C(C(O)c2ccc3c(c2)COC3)C1(C)C. The monoisotopic (exact) mass is 246 g/mol. The van der Waals surface area contributed by atoms with Gasteiger partial charge in [-0.3, -0.25) is 0 Å². The lowest BCUT2D eigenvalue weighted by molar-refractivity contribution is 0.129. The Bertz CT molecular complexity index is 474. The number of hydrogen-bond donors (Lipinski definition) is 1. The van der Waals surface area contributed by atoms with Gasteiger partial charge in [-0.05, 0) is 27.5 Å². The van der Waals surface area contributed by atoms with Gasteiger partial charge in [-0.1, -0.05) is 45.9 Å². The molecule has 2 nitrogen and oxygen atoms in total. The molecule has 1 unspecified atom stereocenters. The lowest BCUT2D eigenvalue weighted by atomic mass is 9.96. The maximum Gasteiger partial charge on any atom is 0.0828 e. The van der Waals surface area contributed by atoms with Gasteiger partial charge in [0.25, 0.3) is 0 Å². The van der Waals surface area contributed by atoms with Gasteiger partial charge in [0.05, 0.1) is 19.3 Å². The molecule has 1 aliphatic heterocycles. The summed E-state index contributed by atoms with van der Waals surface area (Å²) in [6.07, 6.45) is -0.360. The molecule has 1 saturated carbocycles. The predicted octanol–water partition coefficient (Wildman–Crippen LogP) is 3.43. The molecular weight excluding hydrogens is 224 g/mol. The summed E-state index contributed by atoms with van der Waals surface area (Å²) < 4.78 is 5.43. The highest BCUT2D eigenvalue weighted by atomic mass is 16.5. The molecule has 0 bridgehead atoms. The second-order valence-electron chi connectivity index (χ2n) is 6.89. The second-order valence-corrected chi connectivity index (χ2v) is 6.89. The van der Waals surface area contributed by atoms with Crippen LogP contribution in [0, 0.1) is 16.7 Å². The molecule has 1 aliphatic carbocycles. The summed E-state index contributed by atoms with van der Waals surface area (Å²) in [6.45, 7) is 10.4. The summed E-state index contributed by atoms with van der Waals surface area (Å²) in [5, 5.41) is 10.6. The lowest BCUT2D eigenvalue weighted by Gasteiger charge is -2.14. The second kappa shape index (κ2) is 3.58. The molecule has 1 atom stereocenters. The van der Waals surface area contributed by atoms with Gasteiger partial charge in [0, 0.05) is 5.92 Å². The molecule has 0 amide bonds. The first-order valence-corrected chi connectivity index (χ1v) is 6.73. The molecule has 2 heteroatoms. The van der Waals surface area contributed by atoms with E-state index in [2.05, 4.69) is 45.9 Å². The van der Waals surface area contributed by atoms with E-state index in [4.69, 9.17) is 4.74 Å². The molecule has 1 heterocycles. The molecule has 1 N–H and O–H groups in total. The standard InChI is InChI=1S/C16H22O2/c1-15(2)14(16(15,3)4)13(17)10-5-6-11-8-18-9-12(11)7-10/h5-7,13-14,17H,8-9H2,1-4H3. The summed E-state index contributed by atoms with van der Waals surface area (Å²) in [4.78, 5) is 0. The van der Waals surface area contributed by atoms with Crippen molar-refractivity contribution in [2.45, 2.75) is 47.0 Å². The molecule has 1 aromatic carbocycles. The maximum absolute atomic E-state index is 10.6. The van der Waals surface area contributed by atoms with Crippen LogP contribution >= 0.6 is 0 Å². The zero-order chi connectivity index (χ0) is 13.1. The predicted molar refractivity (Wildman–Crippen MR) is 70.9 cm³/mol. The molecule has 0 radical (unpaired) electrons. The van der Waals surface area contributed by atoms with Gasteiger partial charge in [0.2, 0.25) is 0 Å². The smallest absolute Gasteiger partial charge is 0.0828 e. The summed E-state index contributed by atoms with van der Waals surface area (Å²) in [7, 11) is 0. The van der Waals surface area contributed by atoms with E-state index in [1.165, 1.54) is 11.1 Å². The Morgan fingerprint density at radius 3 is 2.33 bits per heavy atom. The van der Waals surface area contributed by atoms with Crippen molar-refractivity contribution in [2.24, 2.45) is 16.7 Å². The van der Waals surface area contributed by atoms with Crippen LogP contribution in [0.5, 0.6) is 0 Å². The lowest BCUT2D eigenvalue weighted by Crippen LogP contribution is -2.06. The van der Waals surface area contributed by atoms with Crippen molar-refractivity contribution in [3.05, 3.63) is 34.9 Å². The Morgan fingerprint density at radius 1 is 1.11 bits per heavy atom. The summed E-state index contributed by atoms with van der Waals surface area (Å²) in [5.41, 5.74) is 3.97. The minimum Gasteiger partial charge on any atom is -0.388 e. The molecule has 3 rings (SSSR count). The average molecular weight is 246 g/mol. The third-order valence-corrected chi connectivity index (χ3v) is 5.54. The number of rotatable bonds is 2. The molecule has 0 spiro atoms. The van der Waals surface area contributed by atoms with Crippen LogP contribution in [0.2, 0.25) is 0 Å². The van der Waals surface area contributed by atoms with Crippen molar-refractivity contribution < 1.29 is 9.84 Å². The quantitative estimate of drug-likeness (QED) is 0.866. The van der Waals surface area contributed by atoms with Gasteiger partial charge in [-0.25, -0.2) is 0 Å². The topological polar surface area (TPSA) is 29.5 Å². The van der Waals surface area contributed by atoms with E-state index in [0.717, 1.165) is 5.56 Å². The van der Waals surface area contributed by atoms with Crippen LogP contribution in [0.1, 0.15) is 50.5 Å². The van der Waals surface area contributed by atoms with E-state index < -0.39 is 0 Å². The Labute approximate surface area is 109 Å². The van der Waals surface area contributed by atoms with Gasteiger partial charge >= 0.3 is 0 Å². The first-order valence-electron chi connectivity index (χ1n) is 6.73. The van der Waals surface area contributed by atoms with Crippen molar-refractivity contribution in [3.8, 4) is 0 Å². The van der Waals surface area contributed by atoms with Crippen LogP contribution in [-0.2, 0) is 18.0 Å². The highest BCUT2D eigenvalue weighted by Crippen LogP contribution is 2.72. The molecular formula is C16H22O2.